The predicted molar refractivity (Wildman–Crippen MR) is 67.8 cm³/mol. The molecule has 0 fully saturated rings. The van der Waals surface area contributed by atoms with E-state index < -0.39 is 26.9 Å². The number of carbonyl (C=O) groups is 2. The van der Waals surface area contributed by atoms with Crippen molar-refractivity contribution in [3.05, 3.63) is 15.8 Å². The van der Waals surface area contributed by atoms with Crippen LogP contribution in [0.4, 0.5) is 0 Å². The normalized spacial score (nSPS) is 11.3. The average molecular weight is 307 g/mol. The summed E-state index contributed by atoms with van der Waals surface area (Å²) in [5.74, 6) is -2.21. The molecule has 0 spiro atoms. The smallest absolute Gasteiger partial charge is 0.349 e. The van der Waals surface area contributed by atoms with Crippen molar-refractivity contribution in [3.8, 4) is 0 Å². The van der Waals surface area contributed by atoms with Gasteiger partial charge in [0.15, 0.2) is 0 Å². The number of carboxylic acids is 1. The molecule has 9 heteroatoms. The molecule has 3 N–H and O–H groups in total. The van der Waals surface area contributed by atoms with Crippen molar-refractivity contribution < 1.29 is 27.9 Å². The van der Waals surface area contributed by atoms with Crippen LogP contribution in [-0.2, 0) is 14.8 Å². The number of sulfonamides is 1. The van der Waals surface area contributed by atoms with Gasteiger partial charge in [-0.05, 0) is 12.5 Å². The number of esters is 1. The van der Waals surface area contributed by atoms with Gasteiger partial charge in [-0.25, -0.2) is 23.1 Å². The molecule has 0 aliphatic carbocycles. The molecule has 1 aromatic rings. The summed E-state index contributed by atoms with van der Waals surface area (Å²) in [6, 6.07) is 0.860. The van der Waals surface area contributed by atoms with Gasteiger partial charge in [0.05, 0.1) is 6.61 Å². The molecule has 0 aliphatic rings. The quantitative estimate of drug-likeness (QED) is 0.598. The summed E-state index contributed by atoms with van der Waals surface area (Å²) in [6.45, 7) is 2.04. The van der Waals surface area contributed by atoms with E-state index in [2.05, 4.69) is 0 Å². The first-order chi connectivity index (χ1) is 8.77. The topological polar surface area (TPSA) is 124 Å². The van der Waals surface area contributed by atoms with Crippen LogP contribution in [0.2, 0.25) is 0 Å². The lowest BCUT2D eigenvalue weighted by Crippen LogP contribution is -2.16. The van der Waals surface area contributed by atoms with E-state index >= 15 is 0 Å². The lowest BCUT2D eigenvalue weighted by Gasteiger charge is -2.03. The lowest BCUT2D eigenvalue weighted by molar-refractivity contribution is 0.0501. The molecule has 1 heterocycles. The largest absolute Gasteiger partial charge is 0.477 e. The van der Waals surface area contributed by atoms with Crippen molar-refractivity contribution in [3.63, 3.8) is 0 Å². The van der Waals surface area contributed by atoms with Crippen LogP contribution in [0.1, 0.15) is 39.1 Å². The third-order valence-electron chi connectivity index (χ3n) is 2.13. The average Bonchev–Trinajstić information content (AvgIpc) is 2.73. The Labute approximate surface area is 114 Å². The van der Waals surface area contributed by atoms with Gasteiger partial charge >= 0.3 is 11.9 Å². The van der Waals surface area contributed by atoms with Crippen LogP contribution in [0.3, 0.4) is 0 Å². The number of rotatable bonds is 6. The Kier molecular flexibility index (Phi) is 5.04. The van der Waals surface area contributed by atoms with Gasteiger partial charge in [0.2, 0.25) is 10.0 Å². The molecule has 19 heavy (non-hydrogen) atoms. The highest BCUT2D eigenvalue weighted by Crippen LogP contribution is 2.26. The number of unbranched alkanes of at least 4 members (excludes halogenated alkanes) is 1. The number of ether oxygens (including phenoxy) is 1. The summed E-state index contributed by atoms with van der Waals surface area (Å²) < 4.78 is 27.5. The first kappa shape index (κ1) is 15.6. The Morgan fingerprint density at radius 3 is 2.58 bits per heavy atom. The number of carboxylic acid groups (broad SMARTS) is 1. The summed E-state index contributed by atoms with van der Waals surface area (Å²) in [5.41, 5.74) is 0. The van der Waals surface area contributed by atoms with E-state index in [-0.39, 0.29) is 16.4 Å². The third kappa shape index (κ3) is 4.01. The highest BCUT2D eigenvalue weighted by Gasteiger charge is 2.26. The highest BCUT2D eigenvalue weighted by molar-refractivity contribution is 7.89. The fourth-order valence-electron chi connectivity index (χ4n) is 1.21. The number of carbonyl (C=O) groups excluding carboxylic acids is 1. The SMILES string of the molecule is CCCCOC(=O)c1sc(C(=O)O)cc1S(N)(=O)=O. The van der Waals surface area contributed by atoms with E-state index in [0.29, 0.717) is 17.8 Å². The molecule has 0 amide bonds. The minimum Gasteiger partial charge on any atom is -0.477 e. The fraction of sp³-hybridized carbons (Fsp3) is 0.400. The van der Waals surface area contributed by atoms with Crippen LogP contribution in [-0.4, -0.2) is 32.1 Å². The van der Waals surface area contributed by atoms with E-state index in [9.17, 15) is 18.0 Å². The van der Waals surface area contributed by atoms with Crippen molar-refractivity contribution in [1.29, 1.82) is 0 Å². The molecule has 0 atom stereocenters. The number of hydrogen-bond donors (Lipinski definition) is 2. The molecular weight excluding hydrogens is 294 g/mol. The Bertz CT molecular complexity index is 589. The Balaban J connectivity index is 3.11. The molecule has 0 radical (unpaired) electrons. The maximum absolute atomic E-state index is 11.7. The lowest BCUT2D eigenvalue weighted by atomic mass is 10.3. The second-order valence-corrected chi connectivity index (χ2v) is 6.23. The summed E-state index contributed by atoms with van der Waals surface area (Å²) in [6.07, 6.45) is 1.44. The first-order valence-corrected chi connectivity index (χ1v) is 7.70. The van der Waals surface area contributed by atoms with E-state index in [1.165, 1.54) is 0 Å². The standard InChI is InChI=1S/C10H13NO6S2/c1-2-3-4-17-10(14)8-7(19(11,15)16)5-6(18-8)9(12)13/h5H,2-4H2,1H3,(H,12,13)(H2,11,15,16). The summed E-state index contributed by atoms with van der Waals surface area (Å²) in [7, 11) is -4.18. The molecule has 0 saturated heterocycles. The van der Waals surface area contributed by atoms with Crippen molar-refractivity contribution >= 4 is 33.3 Å². The number of hydrogen-bond acceptors (Lipinski definition) is 6. The van der Waals surface area contributed by atoms with Gasteiger partial charge in [0.1, 0.15) is 14.6 Å². The summed E-state index contributed by atoms with van der Waals surface area (Å²) >= 11 is 0.527. The molecule has 0 unspecified atom stereocenters. The first-order valence-electron chi connectivity index (χ1n) is 5.34. The van der Waals surface area contributed by atoms with Crippen LogP contribution >= 0.6 is 11.3 Å². The maximum Gasteiger partial charge on any atom is 0.349 e. The molecule has 0 aromatic carbocycles. The molecule has 0 bridgehead atoms. The van der Waals surface area contributed by atoms with Crippen molar-refractivity contribution in [2.45, 2.75) is 24.7 Å². The van der Waals surface area contributed by atoms with Crippen LogP contribution < -0.4 is 5.14 Å². The fourth-order valence-corrected chi connectivity index (χ4v) is 3.17. The minimum atomic E-state index is -4.18. The van der Waals surface area contributed by atoms with Gasteiger partial charge in [-0.2, -0.15) is 0 Å². The van der Waals surface area contributed by atoms with Crippen LogP contribution in [0.15, 0.2) is 11.0 Å². The van der Waals surface area contributed by atoms with Gasteiger partial charge in [-0.3, -0.25) is 0 Å². The Morgan fingerprint density at radius 1 is 1.47 bits per heavy atom. The second kappa shape index (κ2) is 6.13. The number of thiophene rings is 1. The molecule has 0 aliphatic heterocycles. The molecular formula is C10H13NO6S2. The van der Waals surface area contributed by atoms with Crippen LogP contribution in [0, 0.1) is 0 Å². The number of primary sulfonamides is 1. The van der Waals surface area contributed by atoms with Gasteiger partial charge in [0.25, 0.3) is 0 Å². The summed E-state index contributed by atoms with van der Waals surface area (Å²) in [5, 5.41) is 13.7. The minimum absolute atomic E-state index is 0.139. The van der Waals surface area contributed by atoms with Crippen molar-refractivity contribution in [1.82, 2.24) is 0 Å². The second-order valence-electron chi connectivity index (χ2n) is 3.64. The zero-order valence-electron chi connectivity index (χ0n) is 10.1. The van der Waals surface area contributed by atoms with Gasteiger partial charge in [-0.1, -0.05) is 13.3 Å². The zero-order valence-corrected chi connectivity index (χ0v) is 11.7. The maximum atomic E-state index is 11.7. The van der Waals surface area contributed by atoms with Crippen molar-refractivity contribution in [2.24, 2.45) is 5.14 Å². The van der Waals surface area contributed by atoms with Crippen molar-refractivity contribution in [2.75, 3.05) is 6.61 Å². The number of aromatic carboxylic acids is 1. The van der Waals surface area contributed by atoms with E-state index in [1.54, 1.807) is 0 Å². The number of nitrogens with two attached hydrogens (primary N) is 1. The Hall–Kier alpha value is -1.45. The van der Waals surface area contributed by atoms with Crippen LogP contribution in [0.5, 0.6) is 0 Å². The van der Waals surface area contributed by atoms with Crippen LogP contribution in [0.25, 0.3) is 0 Å². The van der Waals surface area contributed by atoms with E-state index in [4.69, 9.17) is 15.0 Å². The predicted octanol–water partition coefficient (Wildman–Crippen LogP) is 1.05. The summed E-state index contributed by atoms with van der Waals surface area (Å²) in [4.78, 5) is 21.4. The molecule has 106 valence electrons. The van der Waals surface area contributed by atoms with Gasteiger partial charge in [0, 0.05) is 0 Å². The van der Waals surface area contributed by atoms with Gasteiger partial charge in [-0.15, -0.1) is 11.3 Å². The van der Waals surface area contributed by atoms with E-state index in [0.717, 1.165) is 12.5 Å². The molecule has 7 nitrogen and oxygen atoms in total. The van der Waals surface area contributed by atoms with Gasteiger partial charge < -0.3 is 9.84 Å². The molecule has 0 saturated carbocycles. The molecule has 1 rings (SSSR count). The highest BCUT2D eigenvalue weighted by atomic mass is 32.2. The Morgan fingerprint density at radius 2 is 2.11 bits per heavy atom. The zero-order chi connectivity index (χ0) is 14.6. The third-order valence-corrected chi connectivity index (χ3v) is 4.30. The molecule has 1 aromatic heterocycles. The van der Waals surface area contributed by atoms with E-state index in [1.807, 2.05) is 6.92 Å². The monoisotopic (exact) mass is 307 g/mol.